The average Bonchev–Trinajstić information content (AvgIpc) is 2.97. The third kappa shape index (κ3) is 4.78. The zero-order chi connectivity index (χ0) is 20.8. The van der Waals surface area contributed by atoms with E-state index in [4.69, 9.17) is 9.47 Å². The van der Waals surface area contributed by atoms with Crippen molar-refractivity contribution in [3.05, 3.63) is 54.1 Å². The molecular formula is C21H21N3O5. The van der Waals surface area contributed by atoms with Gasteiger partial charge in [0, 0.05) is 5.39 Å². The molecule has 0 saturated carbocycles. The van der Waals surface area contributed by atoms with E-state index in [0.717, 1.165) is 5.56 Å². The molecule has 0 radical (unpaired) electrons. The van der Waals surface area contributed by atoms with Crippen LogP contribution >= 0.6 is 0 Å². The molecule has 0 aliphatic rings. The second-order valence-electron chi connectivity index (χ2n) is 6.28. The fraction of sp³-hybridized carbons (Fsp3) is 0.238. The van der Waals surface area contributed by atoms with Gasteiger partial charge in [-0.1, -0.05) is 35.9 Å². The molecule has 0 atom stereocenters. The SMILES string of the molecule is CCOC(=O)Cn1c(O)c(N=NC(=O)COc2ccc(C)cc2)c2ccccc21. The van der Waals surface area contributed by atoms with Crippen molar-refractivity contribution in [3.63, 3.8) is 0 Å². The van der Waals surface area contributed by atoms with Crippen LogP contribution in [0.25, 0.3) is 10.9 Å². The molecule has 8 heteroatoms. The lowest BCUT2D eigenvalue weighted by atomic mass is 10.2. The summed E-state index contributed by atoms with van der Waals surface area (Å²) in [4.78, 5) is 23.9. The van der Waals surface area contributed by atoms with Crippen LogP contribution in [0.2, 0.25) is 0 Å². The van der Waals surface area contributed by atoms with Crippen molar-refractivity contribution >= 4 is 28.5 Å². The Morgan fingerprint density at radius 1 is 1.10 bits per heavy atom. The molecule has 0 aliphatic heterocycles. The molecule has 0 aliphatic carbocycles. The molecule has 3 aromatic rings. The van der Waals surface area contributed by atoms with Gasteiger partial charge in [-0.25, -0.2) is 0 Å². The van der Waals surface area contributed by atoms with Crippen molar-refractivity contribution in [3.8, 4) is 11.6 Å². The summed E-state index contributed by atoms with van der Waals surface area (Å²) >= 11 is 0. The number of esters is 1. The van der Waals surface area contributed by atoms with E-state index in [1.807, 2.05) is 19.1 Å². The van der Waals surface area contributed by atoms with Crippen LogP contribution in [0.3, 0.4) is 0 Å². The van der Waals surface area contributed by atoms with Crippen molar-refractivity contribution < 1.29 is 24.2 Å². The van der Waals surface area contributed by atoms with Crippen LogP contribution in [-0.2, 0) is 20.9 Å². The molecule has 8 nitrogen and oxygen atoms in total. The van der Waals surface area contributed by atoms with Gasteiger partial charge in [-0.3, -0.25) is 14.2 Å². The Kier molecular flexibility index (Phi) is 6.23. The van der Waals surface area contributed by atoms with Crippen molar-refractivity contribution in [1.29, 1.82) is 0 Å². The molecule has 150 valence electrons. The van der Waals surface area contributed by atoms with E-state index in [0.29, 0.717) is 16.7 Å². The first-order valence-corrected chi connectivity index (χ1v) is 9.09. The van der Waals surface area contributed by atoms with Crippen molar-refractivity contribution in [2.75, 3.05) is 13.2 Å². The van der Waals surface area contributed by atoms with Crippen LogP contribution in [0, 0.1) is 6.92 Å². The van der Waals surface area contributed by atoms with Gasteiger partial charge >= 0.3 is 11.9 Å². The van der Waals surface area contributed by atoms with Crippen molar-refractivity contribution in [1.82, 2.24) is 4.57 Å². The number of aromatic nitrogens is 1. The van der Waals surface area contributed by atoms with Gasteiger partial charge in [0.05, 0.1) is 12.1 Å². The van der Waals surface area contributed by atoms with Gasteiger partial charge in [0.25, 0.3) is 0 Å². The molecule has 0 bridgehead atoms. The minimum absolute atomic E-state index is 0.105. The minimum Gasteiger partial charge on any atom is -0.493 e. The number of carbonyl (C=O) groups excluding carboxylic acids is 2. The normalized spacial score (nSPS) is 11.1. The second-order valence-corrected chi connectivity index (χ2v) is 6.28. The molecule has 0 unspecified atom stereocenters. The molecule has 3 rings (SSSR count). The number of ether oxygens (including phenoxy) is 2. The summed E-state index contributed by atoms with van der Waals surface area (Å²) in [6.07, 6.45) is 0. The van der Waals surface area contributed by atoms with Crippen LogP contribution in [0.1, 0.15) is 12.5 Å². The van der Waals surface area contributed by atoms with Gasteiger partial charge in [-0.15, -0.1) is 10.2 Å². The van der Waals surface area contributed by atoms with E-state index in [-0.39, 0.29) is 31.3 Å². The minimum atomic E-state index is -0.604. The van der Waals surface area contributed by atoms with Gasteiger partial charge in [0.2, 0.25) is 5.88 Å². The van der Waals surface area contributed by atoms with E-state index in [1.54, 1.807) is 43.3 Å². The number of azo groups is 1. The van der Waals surface area contributed by atoms with E-state index >= 15 is 0 Å². The Morgan fingerprint density at radius 2 is 1.83 bits per heavy atom. The summed E-state index contributed by atoms with van der Waals surface area (Å²) in [5, 5.41) is 18.6. The molecule has 29 heavy (non-hydrogen) atoms. The number of para-hydroxylation sites is 1. The zero-order valence-corrected chi connectivity index (χ0v) is 16.2. The van der Waals surface area contributed by atoms with Gasteiger partial charge < -0.3 is 14.6 Å². The number of nitrogens with zero attached hydrogens (tertiary/aromatic N) is 3. The lowest BCUT2D eigenvalue weighted by Gasteiger charge is -2.06. The Bertz CT molecular complexity index is 1050. The van der Waals surface area contributed by atoms with E-state index in [9.17, 15) is 14.7 Å². The maximum atomic E-state index is 12.0. The predicted octanol–water partition coefficient (Wildman–Crippen LogP) is 3.91. The first-order chi connectivity index (χ1) is 14.0. The van der Waals surface area contributed by atoms with Crippen LogP contribution < -0.4 is 4.74 Å². The number of carbonyl (C=O) groups is 2. The third-order valence-corrected chi connectivity index (χ3v) is 4.15. The number of amides is 1. The molecule has 0 fully saturated rings. The first-order valence-electron chi connectivity index (χ1n) is 9.09. The van der Waals surface area contributed by atoms with Crippen LogP contribution in [0.4, 0.5) is 5.69 Å². The fourth-order valence-electron chi connectivity index (χ4n) is 2.78. The number of rotatable bonds is 7. The van der Waals surface area contributed by atoms with Crippen molar-refractivity contribution in [2.45, 2.75) is 20.4 Å². The smallest absolute Gasteiger partial charge is 0.326 e. The maximum absolute atomic E-state index is 12.0. The van der Waals surface area contributed by atoms with Crippen LogP contribution in [0.5, 0.6) is 11.6 Å². The lowest BCUT2D eigenvalue weighted by molar-refractivity contribution is -0.143. The monoisotopic (exact) mass is 395 g/mol. The van der Waals surface area contributed by atoms with Gasteiger partial charge in [0.1, 0.15) is 12.3 Å². The summed E-state index contributed by atoms with van der Waals surface area (Å²) in [6.45, 7) is 3.43. The maximum Gasteiger partial charge on any atom is 0.326 e. The van der Waals surface area contributed by atoms with Crippen LogP contribution in [0.15, 0.2) is 58.8 Å². The first kappa shape index (κ1) is 20.1. The molecule has 1 amide bonds. The Labute approximate surface area is 167 Å². The number of aryl methyl sites for hydroxylation is 1. The fourth-order valence-corrected chi connectivity index (χ4v) is 2.78. The second kappa shape index (κ2) is 9.01. The van der Waals surface area contributed by atoms with Gasteiger partial charge in [-0.05, 0) is 32.0 Å². The molecule has 2 aromatic carbocycles. The molecule has 1 heterocycles. The molecule has 0 saturated heterocycles. The predicted molar refractivity (Wildman–Crippen MR) is 106 cm³/mol. The topological polar surface area (TPSA) is 102 Å². The zero-order valence-electron chi connectivity index (χ0n) is 16.2. The quantitative estimate of drug-likeness (QED) is 0.483. The summed E-state index contributed by atoms with van der Waals surface area (Å²) < 4.78 is 11.7. The number of aromatic hydroxyl groups is 1. The van der Waals surface area contributed by atoms with Crippen LogP contribution in [-0.4, -0.2) is 34.8 Å². The van der Waals surface area contributed by atoms with E-state index in [2.05, 4.69) is 10.2 Å². The van der Waals surface area contributed by atoms with E-state index in [1.165, 1.54) is 4.57 Å². The standard InChI is InChI=1S/C21H21N3O5/c1-3-28-19(26)12-24-17-7-5-4-6-16(17)20(21(24)27)23-22-18(25)13-29-15-10-8-14(2)9-11-15/h4-11,27H,3,12-13H2,1-2H3. The number of hydrogen-bond donors (Lipinski definition) is 1. The Hall–Kier alpha value is -3.68. The molecule has 1 aromatic heterocycles. The average molecular weight is 395 g/mol. The number of hydrogen-bond acceptors (Lipinski definition) is 6. The van der Waals surface area contributed by atoms with Crippen molar-refractivity contribution in [2.24, 2.45) is 10.2 Å². The summed E-state index contributed by atoms with van der Waals surface area (Å²) in [7, 11) is 0. The van der Waals surface area contributed by atoms with Gasteiger partial charge in [0.15, 0.2) is 12.3 Å². The highest BCUT2D eigenvalue weighted by Gasteiger charge is 2.19. The highest BCUT2D eigenvalue weighted by atomic mass is 16.5. The number of fused-ring (bicyclic) bond motifs is 1. The molecule has 1 N–H and O–H groups in total. The largest absolute Gasteiger partial charge is 0.493 e. The highest BCUT2D eigenvalue weighted by molar-refractivity contribution is 5.96. The summed E-state index contributed by atoms with van der Waals surface area (Å²) in [6, 6.07) is 14.2. The highest BCUT2D eigenvalue weighted by Crippen LogP contribution is 2.38. The summed E-state index contributed by atoms with van der Waals surface area (Å²) in [5.41, 5.74) is 1.77. The van der Waals surface area contributed by atoms with E-state index < -0.39 is 11.9 Å². The molecule has 0 spiro atoms. The van der Waals surface area contributed by atoms with Gasteiger partial charge in [-0.2, -0.15) is 0 Å². The Balaban J connectivity index is 1.78. The Morgan fingerprint density at radius 3 is 2.55 bits per heavy atom. The lowest BCUT2D eigenvalue weighted by Crippen LogP contribution is -2.12. The summed E-state index contributed by atoms with van der Waals surface area (Å²) in [5.74, 6) is -0.815. The molecular weight excluding hydrogens is 374 g/mol. The number of benzene rings is 2. The third-order valence-electron chi connectivity index (χ3n) is 4.15.